The maximum absolute atomic E-state index is 12.6. The lowest BCUT2D eigenvalue weighted by molar-refractivity contribution is -0.161. The second kappa shape index (κ2) is 38.2. The fraction of sp³-hybridized carbons (Fsp3) is 0.854. The highest BCUT2D eigenvalue weighted by atomic mass is 31.2. The second-order valence-electron chi connectivity index (χ2n) is 13.8. The Kier molecular flexibility index (Phi) is 37.1. The minimum Gasteiger partial charge on any atom is -0.462 e. The Morgan fingerprint density at radius 2 is 0.980 bits per heavy atom. The quantitative estimate of drug-likeness (QED) is 0.0273. The van der Waals surface area contributed by atoms with Crippen LogP contribution in [-0.4, -0.2) is 49.3 Å². The molecule has 0 rings (SSSR count). The van der Waals surface area contributed by atoms with Gasteiger partial charge in [-0.3, -0.25) is 18.6 Å². The van der Waals surface area contributed by atoms with Gasteiger partial charge in [-0.05, 0) is 57.8 Å². The first-order valence-corrected chi connectivity index (χ1v) is 22.3. The number of allylic oxidation sites excluding steroid dienone is 4. The first kappa shape index (κ1) is 49.5. The van der Waals surface area contributed by atoms with E-state index in [1.54, 1.807) is 0 Å². The summed E-state index contributed by atoms with van der Waals surface area (Å²) in [6.07, 6.45) is 39.1. The lowest BCUT2D eigenvalue weighted by Gasteiger charge is -2.19. The lowest BCUT2D eigenvalue weighted by atomic mass is 10.1. The van der Waals surface area contributed by atoms with E-state index in [-0.39, 0.29) is 38.6 Å². The van der Waals surface area contributed by atoms with Crippen LogP contribution in [0.1, 0.15) is 194 Å². The Morgan fingerprint density at radius 3 is 1.45 bits per heavy atom. The van der Waals surface area contributed by atoms with E-state index in [9.17, 15) is 19.0 Å². The molecule has 0 aromatic rings. The minimum absolute atomic E-state index is 0.0534. The number of carbonyl (C=O) groups excluding carboxylic acids is 2. The number of phosphoric acid groups is 1. The zero-order valence-electron chi connectivity index (χ0n) is 32.8. The third kappa shape index (κ3) is 38.0. The summed E-state index contributed by atoms with van der Waals surface area (Å²) in [6, 6.07) is 0. The van der Waals surface area contributed by atoms with Gasteiger partial charge in [0.15, 0.2) is 6.10 Å². The first-order valence-electron chi connectivity index (χ1n) is 20.8. The maximum atomic E-state index is 12.6. The van der Waals surface area contributed by atoms with Crippen molar-refractivity contribution in [2.24, 2.45) is 5.73 Å². The predicted octanol–water partition coefficient (Wildman–Crippen LogP) is 11.6. The molecule has 0 saturated heterocycles. The van der Waals surface area contributed by atoms with E-state index >= 15 is 0 Å². The molecular formula is C41H78NO8P. The highest BCUT2D eigenvalue weighted by Crippen LogP contribution is 2.43. The number of hydrogen-bond donors (Lipinski definition) is 2. The largest absolute Gasteiger partial charge is 0.472 e. The Bertz CT molecular complexity index is 897. The fourth-order valence-corrected chi connectivity index (χ4v) is 6.43. The third-order valence-electron chi connectivity index (χ3n) is 8.81. The summed E-state index contributed by atoms with van der Waals surface area (Å²) in [5.41, 5.74) is 5.34. The van der Waals surface area contributed by atoms with Crippen LogP contribution < -0.4 is 5.73 Å². The van der Waals surface area contributed by atoms with Crippen LogP contribution in [0.15, 0.2) is 24.3 Å². The van der Waals surface area contributed by atoms with Gasteiger partial charge in [-0.2, -0.15) is 0 Å². The molecule has 51 heavy (non-hydrogen) atoms. The van der Waals surface area contributed by atoms with Gasteiger partial charge >= 0.3 is 19.8 Å². The highest BCUT2D eigenvalue weighted by Gasteiger charge is 2.26. The molecule has 0 spiro atoms. The van der Waals surface area contributed by atoms with Crippen LogP contribution in [0.3, 0.4) is 0 Å². The van der Waals surface area contributed by atoms with Crippen LogP contribution in [-0.2, 0) is 32.7 Å². The highest BCUT2D eigenvalue weighted by molar-refractivity contribution is 7.47. The van der Waals surface area contributed by atoms with Gasteiger partial charge < -0.3 is 20.1 Å². The van der Waals surface area contributed by atoms with Gasteiger partial charge in [0, 0.05) is 19.4 Å². The van der Waals surface area contributed by atoms with E-state index in [0.29, 0.717) is 6.42 Å². The molecule has 2 atom stereocenters. The molecule has 10 heteroatoms. The molecule has 9 nitrogen and oxygen atoms in total. The SMILES string of the molecule is CCCC/C=C/CCCCCCCCCCCC(=O)OC[C@H](COP(=O)(O)OCCN)OC(=O)CCCCCCCCC/C=C/CCCCCC. The fourth-order valence-electron chi connectivity index (χ4n) is 5.67. The topological polar surface area (TPSA) is 134 Å². The van der Waals surface area contributed by atoms with Crippen molar-refractivity contribution < 1.29 is 37.6 Å². The Labute approximate surface area is 312 Å². The summed E-state index contributed by atoms with van der Waals surface area (Å²) in [4.78, 5) is 34.8. The molecule has 0 radical (unpaired) electrons. The molecule has 0 aliphatic carbocycles. The van der Waals surface area contributed by atoms with E-state index in [2.05, 4.69) is 38.2 Å². The van der Waals surface area contributed by atoms with Crippen LogP contribution >= 0.6 is 7.82 Å². The van der Waals surface area contributed by atoms with Crippen molar-refractivity contribution >= 4 is 19.8 Å². The zero-order valence-corrected chi connectivity index (χ0v) is 33.7. The molecule has 0 amide bonds. The second-order valence-corrected chi connectivity index (χ2v) is 15.3. The molecule has 1 unspecified atom stereocenters. The number of ether oxygens (including phenoxy) is 2. The Hall–Kier alpha value is -1.51. The molecule has 0 saturated carbocycles. The molecule has 3 N–H and O–H groups in total. The average molecular weight is 744 g/mol. The number of nitrogens with two attached hydrogens (primary N) is 1. The van der Waals surface area contributed by atoms with Crippen molar-refractivity contribution in [3.8, 4) is 0 Å². The number of hydrogen-bond acceptors (Lipinski definition) is 8. The van der Waals surface area contributed by atoms with Crippen molar-refractivity contribution in [2.75, 3.05) is 26.4 Å². The molecule has 0 heterocycles. The van der Waals surface area contributed by atoms with E-state index in [1.165, 1.54) is 116 Å². The third-order valence-corrected chi connectivity index (χ3v) is 9.79. The van der Waals surface area contributed by atoms with E-state index in [4.69, 9.17) is 24.3 Å². The van der Waals surface area contributed by atoms with Gasteiger partial charge in [0.2, 0.25) is 0 Å². The summed E-state index contributed by atoms with van der Waals surface area (Å²) in [5, 5.41) is 0. The molecule has 0 aliphatic heterocycles. The number of carbonyl (C=O) groups is 2. The normalized spacial score (nSPS) is 13.6. The van der Waals surface area contributed by atoms with E-state index < -0.39 is 26.5 Å². The van der Waals surface area contributed by atoms with Crippen molar-refractivity contribution in [2.45, 2.75) is 200 Å². The van der Waals surface area contributed by atoms with Crippen LogP contribution in [0, 0.1) is 0 Å². The van der Waals surface area contributed by atoms with E-state index in [1.807, 2.05) is 0 Å². The number of esters is 2. The van der Waals surface area contributed by atoms with Gasteiger partial charge in [0.25, 0.3) is 0 Å². The van der Waals surface area contributed by atoms with Crippen molar-refractivity contribution in [3.63, 3.8) is 0 Å². The molecule has 300 valence electrons. The lowest BCUT2D eigenvalue weighted by Crippen LogP contribution is -2.29. The van der Waals surface area contributed by atoms with Crippen LogP contribution in [0.4, 0.5) is 0 Å². The Morgan fingerprint density at radius 1 is 0.569 bits per heavy atom. The van der Waals surface area contributed by atoms with Crippen LogP contribution in [0.5, 0.6) is 0 Å². The van der Waals surface area contributed by atoms with Crippen LogP contribution in [0.2, 0.25) is 0 Å². The monoisotopic (exact) mass is 744 g/mol. The molecule has 0 aromatic carbocycles. The minimum atomic E-state index is -4.37. The first-order chi connectivity index (χ1) is 24.8. The Balaban J connectivity index is 4.17. The number of phosphoric ester groups is 1. The summed E-state index contributed by atoms with van der Waals surface area (Å²) in [5.74, 6) is -0.833. The van der Waals surface area contributed by atoms with Crippen molar-refractivity contribution in [1.82, 2.24) is 0 Å². The molecule has 0 aromatic heterocycles. The summed E-state index contributed by atoms with van der Waals surface area (Å²) in [6.45, 7) is 3.69. The molecular weight excluding hydrogens is 665 g/mol. The van der Waals surface area contributed by atoms with Crippen LogP contribution in [0.25, 0.3) is 0 Å². The number of unbranched alkanes of at least 4 members (excludes halogenated alkanes) is 22. The molecule has 0 bridgehead atoms. The van der Waals surface area contributed by atoms with E-state index in [0.717, 1.165) is 44.9 Å². The molecule has 0 aliphatic rings. The van der Waals surface area contributed by atoms with Gasteiger partial charge in [-0.15, -0.1) is 0 Å². The van der Waals surface area contributed by atoms with Gasteiger partial charge in [0.1, 0.15) is 6.61 Å². The molecule has 0 fully saturated rings. The van der Waals surface area contributed by atoms with Gasteiger partial charge in [-0.1, -0.05) is 147 Å². The van der Waals surface area contributed by atoms with Gasteiger partial charge in [0.05, 0.1) is 13.2 Å². The standard InChI is InChI=1S/C41H78NO8P/c1-3-5-7-9-11-13-15-17-19-21-23-25-27-29-31-33-40(43)47-37-39(38-49-51(45,46)48-36-35-42)50-41(44)34-32-30-28-26-24-22-20-18-16-14-12-10-8-6-4-2/h9,11,14,16,39H,3-8,10,12-13,15,17-38,42H2,1-2H3,(H,45,46)/b11-9+,16-14+/t39-/m1/s1. The predicted molar refractivity (Wildman–Crippen MR) is 211 cm³/mol. The van der Waals surface area contributed by atoms with Crippen molar-refractivity contribution in [1.29, 1.82) is 0 Å². The maximum Gasteiger partial charge on any atom is 0.472 e. The smallest absolute Gasteiger partial charge is 0.462 e. The summed E-state index contributed by atoms with van der Waals surface area (Å²) >= 11 is 0. The van der Waals surface area contributed by atoms with Crippen molar-refractivity contribution in [3.05, 3.63) is 24.3 Å². The average Bonchev–Trinajstić information content (AvgIpc) is 3.11. The summed E-state index contributed by atoms with van der Waals surface area (Å²) < 4.78 is 32.7. The number of rotatable bonds is 39. The zero-order chi connectivity index (χ0) is 37.5. The van der Waals surface area contributed by atoms with Gasteiger partial charge in [-0.25, -0.2) is 4.57 Å². The summed E-state index contributed by atoms with van der Waals surface area (Å²) in [7, 11) is -4.37.